The van der Waals surface area contributed by atoms with Crippen LogP contribution in [-0.4, -0.2) is 22.6 Å². The quantitative estimate of drug-likeness (QED) is 0.803. The number of nitrogens with one attached hydrogen (secondary N) is 1. The molecule has 1 N–H and O–H groups in total. The van der Waals surface area contributed by atoms with Crippen molar-refractivity contribution in [3.8, 4) is 0 Å². The van der Waals surface area contributed by atoms with Crippen LogP contribution < -0.4 is 5.32 Å². The van der Waals surface area contributed by atoms with Crippen molar-refractivity contribution in [2.24, 2.45) is 7.05 Å². The maximum atomic E-state index is 11.2. The van der Waals surface area contributed by atoms with Crippen molar-refractivity contribution >= 4 is 5.97 Å². The van der Waals surface area contributed by atoms with Crippen molar-refractivity contribution in [1.82, 2.24) is 14.9 Å². The Morgan fingerprint density at radius 1 is 1.56 bits per heavy atom. The van der Waals surface area contributed by atoms with Gasteiger partial charge < -0.3 is 19.0 Å². The summed E-state index contributed by atoms with van der Waals surface area (Å²) in [6, 6.07) is 1.66. The van der Waals surface area contributed by atoms with Crippen molar-refractivity contribution < 1.29 is 13.9 Å². The zero-order valence-corrected chi connectivity index (χ0v) is 10.3. The second kappa shape index (κ2) is 5.50. The summed E-state index contributed by atoms with van der Waals surface area (Å²) in [5.41, 5.74) is 0.422. The third-order valence-corrected chi connectivity index (χ3v) is 2.58. The van der Waals surface area contributed by atoms with Crippen LogP contribution in [0.25, 0.3) is 0 Å². The van der Waals surface area contributed by atoms with E-state index in [1.54, 1.807) is 12.3 Å². The second-order valence-corrected chi connectivity index (χ2v) is 3.85. The van der Waals surface area contributed by atoms with Crippen molar-refractivity contribution in [3.05, 3.63) is 41.9 Å². The van der Waals surface area contributed by atoms with E-state index >= 15 is 0 Å². The molecule has 2 heterocycles. The molecule has 0 aliphatic rings. The first-order valence-electron chi connectivity index (χ1n) is 5.53. The number of rotatable bonds is 5. The molecule has 0 bridgehead atoms. The topological polar surface area (TPSA) is 69.3 Å². The minimum absolute atomic E-state index is 0.394. The molecule has 0 saturated carbocycles. The highest BCUT2D eigenvalue weighted by Gasteiger charge is 2.09. The average Bonchev–Trinajstić information content (AvgIpc) is 2.99. The van der Waals surface area contributed by atoms with Gasteiger partial charge in [0.15, 0.2) is 0 Å². The molecule has 0 amide bonds. The summed E-state index contributed by atoms with van der Waals surface area (Å²) in [6.45, 7) is 1.17. The van der Waals surface area contributed by atoms with Crippen molar-refractivity contribution in [3.63, 3.8) is 0 Å². The third-order valence-electron chi connectivity index (χ3n) is 2.58. The molecule has 0 atom stereocenters. The standard InChI is InChI=1S/C12H15N3O3/c1-15-4-3-14-11(15)7-13-6-10-5-9(8-18-10)12(16)17-2/h3-5,8,13H,6-7H2,1-2H3. The Labute approximate surface area is 105 Å². The number of furan rings is 1. The molecule has 96 valence electrons. The van der Waals surface area contributed by atoms with Gasteiger partial charge in [-0.15, -0.1) is 0 Å². The number of carbonyl (C=O) groups is 1. The lowest BCUT2D eigenvalue weighted by Gasteiger charge is -2.02. The Balaban J connectivity index is 1.85. The monoisotopic (exact) mass is 249 g/mol. The van der Waals surface area contributed by atoms with E-state index in [9.17, 15) is 4.79 Å². The lowest BCUT2D eigenvalue weighted by Crippen LogP contribution is -2.15. The molecule has 18 heavy (non-hydrogen) atoms. The summed E-state index contributed by atoms with van der Waals surface area (Å²) in [5.74, 6) is 1.23. The number of aromatic nitrogens is 2. The van der Waals surface area contributed by atoms with Gasteiger partial charge in [-0.05, 0) is 6.07 Å². The molecule has 2 aromatic rings. The molecule has 6 heteroatoms. The van der Waals surface area contributed by atoms with Gasteiger partial charge in [0.1, 0.15) is 17.8 Å². The number of aryl methyl sites for hydroxylation is 1. The number of methoxy groups -OCH3 is 1. The Kier molecular flexibility index (Phi) is 3.78. The summed E-state index contributed by atoms with van der Waals surface area (Å²) < 4.78 is 11.8. The molecule has 6 nitrogen and oxygen atoms in total. The van der Waals surface area contributed by atoms with E-state index in [1.165, 1.54) is 13.4 Å². The van der Waals surface area contributed by atoms with Crippen LogP contribution in [-0.2, 0) is 24.9 Å². The largest absolute Gasteiger partial charge is 0.467 e. The first-order chi connectivity index (χ1) is 8.70. The highest BCUT2D eigenvalue weighted by atomic mass is 16.5. The molecule has 2 aromatic heterocycles. The highest BCUT2D eigenvalue weighted by molar-refractivity contribution is 5.88. The van der Waals surface area contributed by atoms with Crippen LogP contribution in [0, 0.1) is 0 Å². The van der Waals surface area contributed by atoms with Crippen molar-refractivity contribution in [2.45, 2.75) is 13.1 Å². The Morgan fingerprint density at radius 2 is 2.39 bits per heavy atom. The van der Waals surface area contributed by atoms with E-state index in [1.807, 2.05) is 17.8 Å². The van der Waals surface area contributed by atoms with Crippen LogP contribution in [0.15, 0.2) is 29.1 Å². The molecule has 0 aliphatic heterocycles. The van der Waals surface area contributed by atoms with E-state index in [-0.39, 0.29) is 0 Å². The van der Waals surface area contributed by atoms with E-state index in [4.69, 9.17) is 4.42 Å². The van der Waals surface area contributed by atoms with Crippen LogP contribution in [0.2, 0.25) is 0 Å². The van der Waals surface area contributed by atoms with Crippen molar-refractivity contribution in [2.75, 3.05) is 7.11 Å². The molecule has 0 fully saturated rings. The third kappa shape index (κ3) is 2.78. The first kappa shape index (κ1) is 12.4. The van der Waals surface area contributed by atoms with Crippen molar-refractivity contribution in [1.29, 1.82) is 0 Å². The number of hydrogen-bond acceptors (Lipinski definition) is 5. The zero-order valence-electron chi connectivity index (χ0n) is 10.3. The summed E-state index contributed by atoms with van der Waals surface area (Å²) in [7, 11) is 3.28. The Morgan fingerprint density at radius 3 is 3.06 bits per heavy atom. The predicted octanol–water partition coefficient (Wildman–Crippen LogP) is 1.09. The van der Waals surface area contributed by atoms with Gasteiger partial charge in [-0.2, -0.15) is 0 Å². The van der Waals surface area contributed by atoms with E-state index in [0.29, 0.717) is 24.4 Å². The number of hydrogen-bond donors (Lipinski definition) is 1. The Hall–Kier alpha value is -2.08. The normalized spacial score (nSPS) is 10.6. The fraction of sp³-hybridized carbons (Fsp3) is 0.333. The summed E-state index contributed by atoms with van der Waals surface area (Å²) in [5, 5.41) is 3.19. The summed E-state index contributed by atoms with van der Waals surface area (Å²) in [6.07, 6.45) is 5.03. The van der Waals surface area contributed by atoms with Gasteiger partial charge in [0.05, 0.1) is 25.8 Å². The van der Waals surface area contributed by atoms with Crippen LogP contribution in [0.1, 0.15) is 21.9 Å². The van der Waals surface area contributed by atoms with E-state index < -0.39 is 5.97 Å². The smallest absolute Gasteiger partial charge is 0.341 e. The van der Waals surface area contributed by atoms with Gasteiger partial charge in [0.2, 0.25) is 0 Å². The average molecular weight is 249 g/mol. The maximum Gasteiger partial charge on any atom is 0.341 e. The fourth-order valence-electron chi connectivity index (χ4n) is 1.56. The highest BCUT2D eigenvalue weighted by Crippen LogP contribution is 2.08. The molecule has 0 aliphatic carbocycles. The molecule has 0 saturated heterocycles. The number of nitrogens with zero attached hydrogens (tertiary/aromatic N) is 2. The molecule has 0 unspecified atom stereocenters. The molecule has 0 spiro atoms. The van der Waals surface area contributed by atoms with Gasteiger partial charge >= 0.3 is 5.97 Å². The Bertz CT molecular complexity index is 530. The summed E-state index contributed by atoms with van der Waals surface area (Å²) >= 11 is 0. The molecular weight excluding hydrogens is 234 g/mol. The van der Waals surface area contributed by atoms with Crippen LogP contribution in [0.3, 0.4) is 0 Å². The van der Waals surface area contributed by atoms with Crippen LogP contribution in [0.4, 0.5) is 0 Å². The van der Waals surface area contributed by atoms with E-state index in [2.05, 4.69) is 15.0 Å². The number of imidazole rings is 1. The lowest BCUT2D eigenvalue weighted by atomic mass is 10.3. The fourth-order valence-corrected chi connectivity index (χ4v) is 1.56. The van der Waals surface area contributed by atoms with Gasteiger partial charge in [-0.1, -0.05) is 0 Å². The second-order valence-electron chi connectivity index (χ2n) is 3.85. The minimum Gasteiger partial charge on any atom is -0.467 e. The van der Waals surface area contributed by atoms with Gasteiger partial charge in [0, 0.05) is 19.4 Å². The predicted molar refractivity (Wildman–Crippen MR) is 63.8 cm³/mol. The maximum absolute atomic E-state index is 11.2. The molecule has 0 aromatic carbocycles. The zero-order chi connectivity index (χ0) is 13.0. The van der Waals surface area contributed by atoms with Gasteiger partial charge in [-0.25, -0.2) is 9.78 Å². The van der Waals surface area contributed by atoms with Crippen LogP contribution >= 0.6 is 0 Å². The lowest BCUT2D eigenvalue weighted by molar-refractivity contribution is 0.0600. The first-order valence-corrected chi connectivity index (χ1v) is 5.53. The number of esters is 1. The molecular formula is C12H15N3O3. The molecule has 0 radical (unpaired) electrons. The van der Waals surface area contributed by atoms with Crippen LogP contribution in [0.5, 0.6) is 0 Å². The number of carbonyl (C=O) groups excluding carboxylic acids is 1. The number of ether oxygens (including phenoxy) is 1. The SMILES string of the molecule is COC(=O)c1coc(CNCc2nccn2C)c1. The molecule has 2 rings (SSSR count). The minimum atomic E-state index is -0.394. The van der Waals surface area contributed by atoms with E-state index in [0.717, 1.165) is 5.82 Å². The summed E-state index contributed by atoms with van der Waals surface area (Å²) in [4.78, 5) is 15.4. The van der Waals surface area contributed by atoms with Gasteiger partial charge in [0.25, 0.3) is 0 Å². The van der Waals surface area contributed by atoms with Gasteiger partial charge in [-0.3, -0.25) is 0 Å².